The molecule has 8 heteroatoms. The number of ether oxygens (including phenoxy) is 1. The zero-order chi connectivity index (χ0) is 13.4. The van der Waals surface area contributed by atoms with Gasteiger partial charge in [0.25, 0.3) is 0 Å². The SMILES string of the molecule is O=S(=O)(c1ccccc1)N1CCO[C@@H]1C(Cl)(Cl)Cl. The number of nitrogens with zero attached hydrogens (tertiary/aromatic N) is 1. The molecular formula is C10H10Cl3NO3S. The first-order valence-electron chi connectivity index (χ1n) is 5.09. The smallest absolute Gasteiger partial charge is 0.245 e. The Balaban J connectivity index is 2.37. The molecule has 100 valence electrons. The second-order valence-electron chi connectivity index (χ2n) is 3.69. The van der Waals surface area contributed by atoms with Crippen molar-refractivity contribution in [1.82, 2.24) is 4.31 Å². The summed E-state index contributed by atoms with van der Waals surface area (Å²) >= 11 is 17.2. The Bertz CT molecular complexity index is 515. The zero-order valence-corrected chi connectivity index (χ0v) is 12.2. The van der Waals surface area contributed by atoms with Gasteiger partial charge in [-0.15, -0.1) is 0 Å². The quantitative estimate of drug-likeness (QED) is 0.782. The average Bonchev–Trinajstić information content (AvgIpc) is 2.79. The molecular weight excluding hydrogens is 321 g/mol. The fourth-order valence-corrected chi connectivity index (χ4v) is 3.96. The highest BCUT2D eigenvalue weighted by atomic mass is 35.6. The summed E-state index contributed by atoms with van der Waals surface area (Å²) in [6.45, 7) is 0.362. The summed E-state index contributed by atoms with van der Waals surface area (Å²) in [4.78, 5) is 0.148. The van der Waals surface area contributed by atoms with Gasteiger partial charge >= 0.3 is 0 Å². The molecule has 0 aromatic heterocycles. The molecule has 0 spiro atoms. The lowest BCUT2D eigenvalue weighted by Gasteiger charge is -2.27. The fourth-order valence-electron chi connectivity index (χ4n) is 1.69. The molecule has 2 rings (SSSR count). The largest absolute Gasteiger partial charge is 0.356 e. The lowest BCUT2D eigenvalue weighted by Crippen LogP contribution is -2.43. The summed E-state index contributed by atoms with van der Waals surface area (Å²) in [5, 5.41) is 0. The fraction of sp³-hybridized carbons (Fsp3) is 0.400. The molecule has 0 aliphatic carbocycles. The molecule has 1 saturated heterocycles. The molecule has 1 heterocycles. The van der Waals surface area contributed by atoms with Crippen LogP contribution in [0.3, 0.4) is 0 Å². The molecule has 18 heavy (non-hydrogen) atoms. The maximum Gasteiger partial charge on any atom is 0.245 e. The highest BCUT2D eigenvalue weighted by Gasteiger charge is 2.47. The van der Waals surface area contributed by atoms with Crippen LogP contribution in [-0.4, -0.2) is 35.9 Å². The van der Waals surface area contributed by atoms with Gasteiger partial charge in [-0.25, -0.2) is 8.42 Å². The molecule has 0 amide bonds. The van der Waals surface area contributed by atoms with Crippen molar-refractivity contribution in [1.29, 1.82) is 0 Å². The van der Waals surface area contributed by atoms with Crippen molar-refractivity contribution < 1.29 is 13.2 Å². The van der Waals surface area contributed by atoms with Crippen molar-refractivity contribution in [3.63, 3.8) is 0 Å². The Hall–Kier alpha value is -0.0400. The van der Waals surface area contributed by atoms with Crippen LogP contribution in [0.2, 0.25) is 0 Å². The average molecular weight is 331 g/mol. The van der Waals surface area contributed by atoms with Crippen molar-refractivity contribution in [3.8, 4) is 0 Å². The van der Waals surface area contributed by atoms with Crippen LogP contribution in [-0.2, 0) is 14.8 Å². The Morgan fingerprint density at radius 1 is 1.22 bits per heavy atom. The van der Waals surface area contributed by atoms with Gasteiger partial charge in [0.1, 0.15) is 0 Å². The zero-order valence-electron chi connectivity index (χ0n) is 9.09. The molecule has 1 aromatic rings. The second-order valence-corrected chi connectivity index (χ2v) is 7.95. The molecule has 4 nitrogen and oxygen atoms in total. The summed E-state index contributed by atoms with van der Waals surface area (Å²) in [6.07, 6.45) is -1.10. The number of hydrogen-bond acceptors (Lipinski definition) is 3. The van der Waals surface area contributed by atoms with E-state index in [2.05, 4.69) is 0 Å². The molecule has 0 unspecified atom stereocenters. The molecule has 1 aliphatic rings. The second kappa shape index (κ2) is 5.15. The first kappa shape index (κ1) is 14.4. The standard InChI is InChI=1S/C10H10Cl3NO3S/c11-10(12,13)9-14(6-7-17-9)18(15,16)8-4-2-1-3-5-8/h1-5,9H,6-7H2/t9-/m1/s1. The monoisotopic (exact) mass is 329 g/mol. The van der Waals surface area contributed by atoms with Crippen LogP contribution in [0.15, 0.2) is 35.2 Å². The van der Waals surface area contributed by atoms with Crippen molar-refractivity contribution in [2.24, 2.45) is 0 Å². The number of halogens is 3. The van der Waals surface area contributed by atoms with Gasteiger partial charge < -0.3 is 4.74 Å². The van der Waals surface area contributed by atoms with E-state index in [1.807, 2.05) is 0 Å². The van der Waals surface area contributed by atoms with Crippen molar-refractivity contribution in [2.45, 2.75) is 14.9 Å². The first-order chi connectivity index (χ1) is 8.33. The van der Waals surface area contributed by atoms with Gasteiger partial charge in [0.15, 0.2) is 6.23 Å². The third-order valence-corrected chi connectivity index (χ3v) is 4.90. The normalized spacial score (nSPS) is 22.3. The van der Waals surface area contributed by atoms with Gasteiger partial charge in [-0.3, -0.25) is 0 Å². The molecule has 0 N–H and O–H groups in total. The van der Waals surface area contributed by atoms with Crippen LogP contribution in [0.25, 0.3) is 0 Å². The molecule has 0 radical (unpaired) electrons. The van der Waals surface area contributed by atoms with Gasteiger partial charge in [0.2, 0.25) is 13.8 Å². The van der Waals surface area contributed by atoms with E-state index in [4.69, 9.17) is 39.5 Å². The number of rotatable bonds is 2. The predicted molar refractivity (Wildman–Crippen MR) is 70.4 cm³/mol. The summed E-state index contributed by atoms with van der Waals surface area (Å²) in [5.74, 6) is 0. The molecule has 1 atom stereocenters. The first-order valence-corrected chi connectivity index (χ1v) is 7.66. The van der Waals surface area contributed by atoms with E-state index < -0.39 is 20.0 Å². The van der Waals surface area contributed by atoms with E-state index in [0.717, 1.165) is 4.31 Å². The molecule has 1 fully saturated rings. The van der Waals surface area contributed by atoms with Crippen LogP contribution in [0, 0.1) is 0 Å². The van der Waals surface area contributed by atoms with E-state index >= 15 is 0 Å². The highest BCUT2D eigenvalue weighted by Crippen LogP contribution is 2.38. The Kier molecular flexibility index (Phi) is 4.11. The van der Waals surface area contributed by atoms with Crippen LogP contribution in [0.4, 0.5) is 0 Å². The topological polar surface area (TPSA) is 46.6 Å². The highest BCUT2D eigenvalue weighted by molar-refractivity contribution is 7.89. The summed E-state index contributed by atoms with van der Waals surface area (Å²) in [6, 6.07) is 7.97. The van der Waals surface area contributed by atoms with E-state index in [1.165, 1.54) is 12.1 Å². The van der Waals surface area contributed by atoms with Crippen LogP contribution < -0.4 is 0 Å². The van der Waals surface area contributed by atoms with E-state index in [1.54, 1.807) is 18.2 Å². The van der Waals surface area contributed by atoms with Crippen molar-refractivity contribution >= 4 is 44.8 Å². The van der Waals surface area contributed by atoms with Gasteiger partial charge in [-0.1, -0.05) is 53.0 Å². The molecule has 0 saturated carbocycles. The lowest BCUT2D eigenvalue weighted by atomic mass is 10.4. The molecule has 1 aliphatic heterocycles. The van der Waals surface area contributed by atoms with Gasteiger partial charge in [-0.05, 0) is 12.1 Å². The number of benzene rings is 1. The maximum absolute atomic E-state index is 12.4. The summed E-state index contributed by atoms with van der Waals surface area (Å²) < 4.78 is 29.2. The number of alkyl halides is 3. The van der Waals surface area contributed by atoms with Crippen LogP contribution in [0.1, 0.15) is 0 Å². The third-order valence-electron chi connectivity index (χ3n) is 2.48. The van der Waals surface area contributed by atoms with Crippen LogP contribution >= 0.6 is 34.8 Å². The minimum atomic E-state index is -3.72. The minimum absolute atomic E-state index is 0.148. The minimum Gasteiger partial charge on any atom is -0.356 e. The number of hydrogen-bond donors (Lipinski definition) is 0. The Morgan fingerprint density at radius 2 is 1.83 bits per heavy atom. The van der Waals surface area contributed by atoms with Crippen LogP contribution in [0.5, 0.6) is 0 Å². The lowest BCUT2D eigenvalue weighted by molar-refractivity contribution is 0.0719. The van der Waals surface area contributed by atoms with Crippen molar-refractivity contribution in [3.05, 3.63) is 30.3 Å². The Morgan fingerprint density at radius 3 is 2.39 bits per heavy atom. The van der Waals surface area contributed by atoms with Gasteiger partial charge in [-0.2, -0.15) is 4.31 Å². The predicted octanol–water partition coefficient (Wildman–Crippen LogP) is 2.40. The maximum atomic E-state index is 12.4. The van der Waals surface area contributed by atoms with E-state index in [9.17, 15) is 8.42 Å². The van der Waals surface area contributed by atoms with Gasteiger partial charge in [0, 0.05) is 6.54 Å². The molecule has 1 aromatic carbocycles. The summed E-state index contributed by atoms with van der Waals surface area (Å²) in [7, 11) is -3.72. The van der Waals surface area contributed by atoms with E-state index in [-0.39, 0.29) is 18.0 Å². The van der Waals surface area contributed by atoms with E-state index in [0.29, 0.717) is 0 Å². The Labute approximate surface area is 120 Å². The van der Waals surface area contributed by atoms with Gasteiger partial charge in [0.05, 0.1) is 11.5 Å². The van der Waals surface area contributed by atoms with Crippen molar-refractivity contribution in [2.75, 3.05) is 13.2 Å². The molecule has 0 bridgehead atoms. The summed E-state index contributed by atoms with van der Waals surface area (Å²) in [5.41, 5.74) is 0. The number of sulfonamides is 1. The third kappa shape index (κ3) is 2.76.